The zero-order valence-electron chi connectivity index (χ0n) is 7.07. The fourth-order valence-electron chi connectivity index (χ4n) is 0.851. The summed E-state index contributed by atoms with van der Waals surface area (Å²) in [6.07, 6.45) is 6.43. The molecule has 1 aromatic rings. The first-order chi connectivity index (χ1) is 6.15. The summed E-state index contributed by atoms with van der Waals surface area (Å²) in [6.45, 7) is 0. The lowest BCUT2D eigenvalue weighted by molar-refractivity contribution is -0.111. The van der Waals surface area contributed by atoms with Crippen LogP contribution in [0.15, 0.2) is 23.1 Å². The van der Waals surface area contributed by atoms with Crippen molar-refractivity contribution in [1.29, 1.82) is 0 Å². The van der Waals surface area contributed by atoms with Crippen LogP contribution < -0.4 is 10.9 Å². The molecule has 0 unspecified atom stereocenters. The lowest BCUT2D eigenvalue weighted by Crippen LogP contribution is -2.22. The van der Waals surface area contributed by atoms with Gasteiger partial charge in [0.2, 0.25) is 0 Å². The molecule has 4 nitrogen and oxygen atoms in total. The summed E-state index contributed by atoms with van der Waals surface area (Å²) in [5.41, 5.74) is -0.0981. The van der Waals surface area contributed by atoms with Crippen molar-refractivity contribution in [1.82, 2.24) is 4.57 Å². The average molecular weight is 176 g/mol. The van der Waals surface area contributed by atoms with Crippen LogP contribution in [0.4, 0.5) is 5.69 Å². The van der Waals surface area contributed by atoms with Gasteiger partial charge in [-0.05, 0) is 18.1 Å². The smallest absolute Gasteiger partial charge is 0.300 e. The number of hydrogen-bond acceptors (Lipinski definition) is 2. The van der Waals surface area contributed by atoms with Gasteiger partial charge in [0.15, 0.2) is 0 Å². The molecule has 0 atom stereocenters. The molecule has 13 heavy (non-hydrogen) atoms. The summed E-state index contributed by atoms with van der Waals surface area (Å²) >= 11 is 0. The van der Waals surface area contributed by atoms with E-state index >= 15 is 0 Å². The molecule has 0 aliphatic carbocycles. The second-order valence-electron chi connectivity index (χ2n) is 2.44. The molecule has 0 saturated carbocycles. The highest BCUT2D eigenvalue weighted by atomic mass is 16.2. The van der Waals surface area contributed by atoms with Crippen LogP contribution in [0.5, 0.6) is 0 Å². The molecule has 0 fully saturated rings. The van der Waals surface area contributed by atoms with Crippen molar-refractivity contribution < 1.29 is 4.79 Å². The molecule has 0 aromatic carbocycles. The van der Waals surface area contributed by atoms with Crippen molar-refractivity contribution in [3.8, 4) is 12.3 Å². The topological polar surface area (TPSA) is 51.1 Å². The number of aromatic nitrogens is 1. The Morgan fingerprint density at radius 3 is 3.00 bits per heavy atom. The van der Waals surface area contributed by atoms with Crippen molar-refractivity contribution >= 4 is 11.6 Å². The minimum atomic E-state index is -0.622. The van der Waals surface area contributed by atoms with Gasteiger partial charge in [-0.3, -0.25) is 9.59 Å². The van der Waals surface area contributed by atoms with E-state index in [0.717, 1.165) is 0 Å². The Balaban J connectivity index is 3.05. The van der Waals surface area contributed by atoms with E-state index in [1.165, 1.54) is 10.6 Å². The van der Waals surface area contributed by atoms with Crippen LogP contribution in [0.3, 0.4) is 0 Å². The monoisotopic (exact) mass is 176 g/mol. The predicted octanol–water partition coefficient (Wildman–Crippen LogP) is -0.0430. The molecule has 0 radical (unpaired) electrons. The highest BCUT2D eigenvalue weighted by molar-refractivity contribution is 6.03. The van der Waals surface area contributed by atoms with Crippen molar-refractivity contribution in [2.24, 2.45) is 7.05 Å². The standard InChI is InChI=1S/C9H8N2O2/c1-3-8(12)10-7-5-4-6-11(2)9(7)13/h1,4-6H,2H3,(H,10,12). The van der Waals surface area contributed by atoms with Crippen LogP contribution in [0.2, 0.25) is 0 Å². The molecule has 4 heteroatoms. The Labute approximate surface area is 75.2 Å². The Morgan fingerprint density at radius 2 is 2.38 bits per heavy atom. The molecule has 1 heterocycles. The SMILES string of the molecule is C#CC(=O)Nc1cccn(C)c1=O. The van der Waals surface area contributed by atoms with E-state index in [4.69, 9.17) is 6.42 Å². The number of hydrogen-bond donors (Lipinski definition) is 1. The lowest BCUT2D eigenvalue weighted by Gasteiger charge is -2.01. The van der Waals surface area contributed by atoms with E-state index in [1.807, 2.05) is 5.92 Å². The van der Waals surface area contributed by atoms with Crippen LogP contribution in [-0.2, 0) is 11.8 Å². The van der Waals surface area contributed by atoms with E-state index < -0.39 is 5.91 Å². The summed E-state index contributed by atoms with van der Waals surface area (Å²) < 4.78 is 1.35. The maximum atomic E-state index is 11.3. The molecule has 0 spiro atoms. The second kappa shape index (κ2) is 3.59. The van der Waals surface area contributed by atoms with E-state index in [-0.39, 0.29) is 11.2 Å². The summed E-state index contributed by atoms with van der Waals surface area (Å²) in [7, 11) is 1.59. The van der Waals surface area contributed by atoms with Crippen LogP contribution in [-0.4, -0.2) is 10.5 Å². The van der Waals surface area contributed by atoms with Gasteiger partial charge in [0.1, 0.15) is 5.69 Å². The number of rotatable bonds is 1. The molecule has 1 amide bonds. The molecule has 1 rings (SSSR count). The van der Waals surface area contributed by atoms with Gasteiger partial charge in [0, 0.05) is 13.2 Å². The number of nitrogens with zero attached hydrogens (tertiary/aromatic N) is 1. The fourth-order valence-corrected chi connectivity index (χ4v) is 0.851. The molecule has 1 N–H and O–H groups in total. The van der Waals surface area contributed by atoms with E-state index in [1.54, 1.807) is 19.3 Å². The maximum absolute atomic E-state index is 11.3. The van der Waals surface area contributed by atoms with E-state index in [2.05, 4.69) is 5.32 Å². The van der Waals surface area contributed by atoms with Crippen molar-refractivity contribution in [3.05, 3.63) is 28.7 Å². The minimum absolute atomic E-state index is 0.188. The minimum Gasteiger partial charge on any atom is -0.317 e. The van der Waals surface area contributed by atoms with Gasteiger partial charge in [0.05, 0.1) is 0 Å². The van der Waals surface area contributed by atoms with Gasteiger partial charge in [-0.15, -0.1) is 6.42 Å². The molecular formula is C9H8N2O2. The van der Waals surface area contributed by atoms with Crippen molar-refractivity contribution in [2.45, 2.75) is 0 Å². The number of aryl methyl sites for hydroxylation is 1. The highest BCUT2D eigenvalue weighted by Crippen LogP contribution is 1.96. The number of terminal acetylenes is 1. The van der Waals surface area contributed by atoms with Gasteiger partial charge in [-0.25, -0.2) is 0 Å². The predicted molar refractivity (Wildman–Crippen MR) is 49.1 cm³/mol. The van der Waals surface area contributed by atoms with Gasteiger partial charge in [-0.1, -0.05) is 0 Å². The molecular weight excluding hydrogens is 168 g/mol. The van der Waals surface area contributed by atoms with Crippen molar-refractivity contribution in [3.63, 3.8) is 0 Å². The Morgan fingerprint density at radius 1 is 1.69 bits per heavy atom. The zero-order valence-corrected chi connectivity index (χ0v) is 7.07. The quantitative estimate of drug-likeness (QED) is 0.610. The first-order valence-electron chi connectivity index (χ1n) is 3.58. The largest absolute Gasteiger partial charge is 0.317 e. The number of carbonyl (C=O) groups is 1. The Kier molecular flexibility index (Phi) is 2.50. The van der Waals surface area contributed by atoms with Gasteiger partial charge < -0.3 is 9.88 Å². The summed E-state index contributed by atoms with van der Waals surface area (Å²) in [4.78, 5) is 22.0. The van der Waals surface area contributed by atoms with Gasteiger partial charge in [-0.2, -0.15) is 0 Å². The van der Waals surface area contributed by atoms with Crippen LogP contribution in [0, 0.1) is 12.3 Å². The number of carbonyl (C=O) groups excluding carboxylic acids is 1. The van der Waals surface area contributed by atoms with Crippen molar-refractivity contribution in [2.75, 3.05) is 5.32 Å². The van der Waals surface area contributed by atoms with Gasteiger partial charge >= 0.3 is 0 Å². The third-order valence-electron chi connectivity index (χ3n) is 1.50. The fraction of sp³-hybridized carbons (Fsp3) is 0.111. The van der Waals surface area contributed by atoms with Crippen LogP contribution in [0.25, 0.3) is 0 Å². The first kappa shape index (κ1) is 9.07. The highest BCUT2D eigenvalue weighted by Gasteiger charge is 2.02. The zero-order chi connectivity index (χ0) is 9.84. The van der Waals surface area contributed by atoms with Crippen LogP contribution >= 0.6 is 0 Å². The second-order valence-corrected chi connectivity index (χ2v) is 2.44. The summed E-state index contributed by atoms with van der Waals surface area (Å²) in [5.74, 6) is 1.24. The third-order valence-corrected chi connectivity index (χ3v) is 1.50. The van der Waals surface area contributed by atoms with Gasteiger partial charge in [0.25, 0.3) is 11.5 Å². The molecule has 66 valence electrons. The average Bonchev–Trinajstić information content (AvgIpc) is 2.13. The number of amides is 1. The molecule has 0 bridgehead atoms. The summed E-state index contributed by atoms with van der Waals surface area (Å²) in [6, 6.07) is 3.14. The molecule has 0 aliphatic heterocycles. The maximum Gasteiger partial charge on any atom is 0.300 e. The Bertz CT molecular complexity index is 426. The number of pyridine rings is 1. The molecule has 0 aliphatic rings. The number of nitrogens with one attached hydrogen (secondary N) is 1. The molecule has 1 aromatic heterocycles. The first-order valence-corrected chi connectivity index (χ1v) is 3.58. The normalized spacial score (nSPS) is 8.92. The Hall–Kier alpha value is -2.02. The van der Waals surface area contributed by atoms with Crippen LogP contribution in [0.1, 0.15) is 0 Å². The lowest BCUT2D eigenvalue weighted by atomic mass is 10.4. The molecule has 0 saturated heterocycles. The third kappa shape index (κ3) is 1.97. The van der Waals surface area contributed by atoms with E-state index in [9.17, 15) is 9.59 Å². The van der Waals surface area contributed by atoms with E-state index in [0.29, 0.717) is 0 Å². The summed E-state index contributed by atoms with van der Waals surface area (Å²) in [5, 5.41) is 2.29. The number of anilines is 1.